The fraction of sp³-hybridized carbons (Fsp3) is 0.250. The molecule has 0 aromatic carbocycles. The summed E-state index contributed by atoms with van der Waals surface area (Å²) < 4.78 is 4.17. The first-order chi connectivity index (χ1) is 7.75. The van der Waals surface area contributed by atoms with E-state index in [0.29, 0.717) is 6.04 Å². The molecule has 0 aliphatic heterocycles. The van der Waals surface area contributed by atoms with Crippen molar-refractivity contribution >= 4 is 17.0 Å². The van der Waals surface area contributed by atoms with E-state index in [1.807, 2.05) is 10.7 Å². The smallest absolute Gasteiger partial charge is 0.136 e. The van der Waals surface area contributed by atoms with Crippen LogP contribution in [-0.4, -0.2) is 14.2 Å². The van der Waals surface area contributed by atoms with Crippen molar-refractivity contribution in [1.82, 2.24) is 14.2 Å². The summed E-state index contributed by atoms with van der Waals surface area (Å²) in [6.45, 7) is 4.36. The second-order valence-electron chi connectivity index (χ2n) is 4.11. The van der Waals surface area contributed by atoms with Gasteiger partial charge in [0.1, 0.15) is 11.3 Å². The molecule has 0 amide bonds. The van der Waals surface area contributed by atoms with Gasteiger partial charge in [-0.25, -0.2) is 4.52 Å². The zero-order valence-electron chi connectivity index (χ0n) is 9.29. The second-order valence-corrected chi connectivity index (χ2v) is 5.06. The molecule has 0 aliphatic rings. The molecule has 82 valence electrons. The Morgan fingerprint density at radius 2 is 2.19 bits per heavy atom. The van der Waals surface area contributed by atoms with Crippen LogP contribution in [0.5, 0.6) is 0 Å². The van der Waals surface area contributed by atoms with Crippen molar-refractivity contribution < 1.29 is 0 Å². The highest BCUT2D eigenvalue weighted by Gasteiger charge is 2.09. The van der Waals surface area contributed by atoms with Gasteiger partial charge >= 0.3 is 0 Å². The van der Waals surface area contributed by atoms with E-state index in [0.717, 1.165) is 11.3 Å². The molecule has 3 aromatic rings. The molecule has 3 heterocycles. The Bertz CT molecular complexity index is 601. The topological polar surface area (TPSA) is 22.2 Å². The molecule has 3 aromatic heterocycles. The highest BCUT2D eigenvalue weighted by molar-refractivity contribution is 7.13. The lowest BCUT2D eigenvalue weighted by molar-refractivity contribution is 0.619. The van der Waals surface area contributed by atoms with Crippen LogP contribution < -0.4 is 0 Å². The lowest BCUT2D eigenvalue weighted by Crippen LogP contribution is -1.97. The molecule has 4 heteroatoms. The number of hydrogen-bond donors (Lipinski definition) is 0. The van der Waals surface area contributed by atoms with Crippen LogP contribution in [0.3, 0.4) is 0 Å². The maximum Gasteiger partial charge on any atom is 0.136 e. The van der Waals surface area contributed by atoms with Crippen LogP contribution in [0.2, 0.25) is 0 Å². The van der Waals surface area contributed by atoms with Crippen LogP contribution in [0.25, 0.3) is 16.2 Å². The summed E-state index contributed by atoms with van der Waals surface area (Å²) >= 11 is 1.72. The highest BCUT2D eigenvalue weighted by Crippen LogP contribution is 2.25. The first kappa shape index (κ1) is 9.66. The quantitative estimate of drug-likeness (QED) is 0.662. The Hall–Kier alpha value is -1.55. The van der Waals surface area contributed by atoms with Gasteiger partial charge in [0.2, 0.25) is 0 Å². The Kier molecular flexibility index (Phi) is 2.11. The van der Waals surface area contributed by atoms with Gasteiger partial charge in [-0.15, -0.1) is 11.3 Å². The minimum absolute atomic E-state index is 0.463. The fourth-order valence-corrected chi connectivity index (χ4v) is 2.56. The molecule has 3 rings (SSSR count). The third kappa shape index (κ3) is 1.38. The van der Waals surface area contributed by atoms with Crippen molar-refractivity contribution in [2.45, 2.75) is 19.9 Å². The van der Waals surface area contributed by atoms with E-state index < -0.39 is 0 Å². The fourth-order valence-electron chi connectivity index (χ4n) is 1.88. The lowest BCUT2D eigenvalue weighted by Gasteiger charge is -2.05. The van der Waals surface area contributed by atoms with Gasteiger partial charge in [-0.2, -0.15) is 5.10 Å². The van der Waals surface area contributed by atoms with Crippen LogP contribution in [-0.2, 0) is 0 Å². The molecular formula is C12H13N3S. The van der Waals surface area contributed by atoms with Crippen molar-refractivity contribution in [3.8, 4) is 10.6 Å². The van der Waals surface area contributed by atoms with Gasteiger partial charge in [0, 0.05) is 24.5 Å². The van der Waals surface area contributed by atoms with Gasteiger partial charge in [-0.1, -0.05) is 6.07 Å². The van der Waals surface area contributed by atoms with E-state index in [2.05, 4.69) is 53.3 Å². The minimum Gasteiger partial charge on any atom is -0.329 e. The molecule has 0 fully saturated rings. The Morgan fingerprint density at radius 1 is 1.31 bits per heavy atom. The SMILES string of the molecule is CC(C)n1ccn2nc(-c3cccs3)cc12. The molecular weight excluding hydrogens is 218 g/mol. The van der Waals surface area contributed by atoms with Gasteiger partial charge in [0.25, 0.3) is 0 Å². The third-order valence-corrected chi connectivity index (χ3v) is 3.57. The molecule has 16 heavy (non-hydrogen) atoms. The average molecular weight is 231 g/mol. The van der Waals surface area contributed by atoms with Gasteiger partial charge in [-0.3, -0.25) is 0 Å². The normalized spacial score (nSPS) is 11.7. The van der Waals surface area contributed by atoms with Gasteiger partial charge in [0.15, 0.2) is 0 Å². The Morgan fingerprint density at radius 3 is 2.88 bits per heavy atom. The molecule has 3 nitrogen and oxygen atoms in total. The van der Waals surface area contributed by atoms with E-state index >= 15 is 0 Å². The first-order valence-electron chi connectivity index (χ1n) is 5.36. The summed E-state index contributed by atoms with van der Waals surface area (Å²) in [5.74, 6) is 0. The summed E-state index contributed by atoms with van der Waals surface area (Å²) in [7, 11) is 0. The molecule has 0 N–H and O–H groups in total. The van der Waals surface area contributed by atoms with E-state index in [-0.39, 0.29) is 0 Å². The summed E-state index contributed by atoms with van der Waals surface area (Å²) in [6, 6.07) is 6.77. The van der Waals surface area contributed by atoms with Crippen LogP contribution in [0.4, 0.5) is 0 Å². The summed E-state index contributed by atoms with van der Waals surface area (Å²) in [4.78, 5) is 1.22. The molecule has 0 radical (unpaired) electrons. The van der Waals surface area contributed by atoms with Crippen LogP contribution >= 0.6 is 11.3 Å². The van der Waals surface area contributed by atoms with Crippen molar-refractivity contribution in [3.05, 3.63) is 36.0 Å². The van der Waals surface area contributed by atoms with Crippen molar-refractivity contribution in [2.75, 3.05) is 0 Å². The Labute approximate surface area is 97.9 Å². The average Bonchev–Trinajstić information content (AvgIpc) is 2.92. The molecule has 0 bridgehead atoms. The molecule has 0 aliphatic carbocycles. The predicted molar refractivity (Wildman–Crippen MR) is 66.9 cm³/mol. The van der Waals surface area contributed by atoms with Crippen LogP contribution in [0.1, 0.15) is 19.9 Å². The third-order valence-electron chi connectivity index (χ3n) is 2.68. The van der Waals surface area contributed by atoms with Crippen LogP contribution in [0.15, 0.2) is 36.0 Å². The van der Waals surface area contributed by atoms with Crippen molar-refractivity contribution in [3.63, 3.8) is 0 Å². The van der Waals surface area contributed by atoms with Gasteiger partial charge < -0.3 is 4.57 Å². The number of hydrogen-bond acceptors (Lipinski definition) is 2. The van der Waals surface area contributed by atoms with Crippen LogP contribution in [0, 0.1) is 0 Å². The summed E-state index contributed by atoms with van der Waals surface area (Å²) in [6.07, 6.45) is 4.08. The molecule has 0 saturated carbocycles. The Balaban J connectivity index is 2.17. The van der Waals surface area contributed by atoms with Crippen molar-refractivity contribution in [2.24, 2.45) is 0 Å². The monoisotopic (exact) mass is 231 g/mol. The number of thiophene rings is 1. The van der Waals surface area contributed by atoms with Gasteiger partial charge in [0.05, 0.1) is 4.88 Å². The highest BCUT2D eigenvalue weighted by atomic mass is 32.1. The first-order valence-corrected chi connectivity index (χ1v) is 6.24. The van der Waals surface area contributed by atoms with Gasteiger partial charge in [-0.05, 0) is 25.3 Å². The second kappa shape index (κ2) is 3.49. The van der Waals surface area contributed by atoms with E-state index in [4.69, 9.17) is 0 Å². The van der Waals surface area contributed by atoms with Crippen molar-refractivity contribution in [1.29, 1.82) is 0 Å². The standard InChI is InChI=1S/C12H13N3S/c1-9(2)14-5-6-15-12(14)8-10(13-15)11-4-3-7-16-11/h3-9H,1-2H3. The predicted octanol–water partition coefficient (Wildman–Crippen LogP) is 3.45. The molecule has 0 saturated heterocycles. The maximum atomic E-state index is 4.56. The maximum absolute atomic E-state index is 4.56. The number of fused-ring (bicyclic) bond motifs is 1. The number of rotatable bonds is 2. The largest absolute Gasteiger partial charge is 0.329 e. The number of nitrogens with zero attached hydrogens (tertiary/aromatic N) is 3. The zero-order valence-corrected chi connectivity index (χ0v) is 10.1. The van der Waals surface area contributed by atoms with E-state index in [1.54, 1.807) is 11.3 Å². The lowest BCUT2D eigenvalue weighted by atomic mass is 10.3. The molecule has 0 atom stereocenters. The minimum atomic E-state index is 0.463. The zero-order chi connectivity index (χ0) is 11.1. The number of imidazole rings is 1. The molecule has 0 unspecified atom stereocenters. The number of aromatic nitrogens is 3. The van der Waals surface area contributed by atoms with E-state index in [9.17, 15) is 0 Å². The summed E-state index contributed by atoms with van der Waals surface area (Å²) in [5.41, 5.74) is 2.21. The summed E-state index contributed by atoms with van der Waals surface area (Å²) in [5, 5.41) is 6.64. The molecule has 0 spiro atoms. The van der Waals surface area contributed by atoms with E-state index in [1.165, 1.54) is 4.88 Å².